The number of nitrogens with zero attached hydrogens (tertiary/aromatic N) is 2. The van der Waals surface area contributed by atoms with Crippen LogP contribution in [0.4, 0.5) is 0 Å². The summed E-state index contributed by atoms with van der Waals surface area (Å²) >= 11 is 1.85. The van der Waals surface area contributed by atoms with Crippen molar-refractivity contribution < 1.29 is 4.79 Å². The number of rotatable bonds is 6. The minimum atomic E-state index is 0.294. The van der Waals surface area contributed by atoms with Crippen LogP contribution in [0.1, 0.15) is 25.7 Å². The van der Waals surface area contributed by atoms with Gasteiger partial charge < -0.3 is 15.1 Å². The fourth-order valence-corrected chi connectivity index (χ4v) is 3.85. The van der Waals surface area contributed by atoms with Crippen molar-refractivity contribution in [1.29, 1.82) is 0 Å². The summed E-state index contributed by atoms with van der Waals surface area (Å²) in [5, 5.41) is 4.04. The molecule has 1 N–H and O–H groups in total. The molecule has 0 aromatic carbocycles. The second kappa shape index (κ2) is 8.12. The maximum absolute atomic E-state index is 12.1. The lowest BCUT2D eigenvalue weighted by atomic mass is 10.2. The molecule has 0 bridgehead atoms. The molecule has 0 aliphatic carbocycles. The van der Waals surface area contributed by atoms with E-state index in [9.17, 15) is 4.79 Å². The van der Waals surface area contributed by atoms with Gasteiger partial charge in [0.1, 0.15) is 0 Å². The van der Waals surface area contributed by atoms with Crippen molar-refractivity contribution in [2.24, 2.45) is 0 Å². The van der Waals surface area contributed by atoms with Gasteiger partial charge in [0.05, 0.1) is 5.75 Å². The number of carbonyl (C=O) groups excluding carboxylic acids is 1. The molecule has 0 saturated carbocycles. The van der Waals surface area contributed by atoms with Crippen LogP contribution in [-0.4, -0.2) is 73.0 Å². The predicted octanol–water partition coefficient (Wildman–Crippen LogP) is 1.03. The highest BCUT2D eigenvalue weighted by Crippen LogP contribution is 2.20. The Kier molecular flexibility index (Phi) is 6.47. The summed E-state index contributed by atoms with van der Waals surface area (Å²) in [5.74, 6) is 0.948. The highest BCUT2D eigenvalue weighted by Gasteiger charge is 2.17. The van der Waals surface area contributed by atoms with Crippen LogP contribution >= 0.6 is 11.8 Å². The maximum atomic E-state index is 12.1. The van der Waals surface area contributed by atoms with E-state index in [4.69, 9.17) is 0 Å². The molecule has 2 fully saturated rings. The maximum Gasteiger partial charge on any atom is 0.232 e. The normalized spacial score (nSPS) is 21.7. The number of nitrogens with one attached hydrogen (secondary N) is 1. The zero-order valence-electron chi connectivity index (χ0n) is 12.1. The Hall–Kier alpha value is -0.260. The summed E-state index contributed by atoms with van der Waals surface area (Å²) in [7, 11) is 1.95. The second-order valence-electron chi connectivity index (χ2n) is 5.62. The van der Waals surface area contributed by atoms with Crippen molar-refractivity contribution >= 4 is 17.7 Å². The summed E-state index contributed by atoms with van der Waals surface area (Å²) in [5.41, 5.74) is 0. The molecule has 0 aromatic rings. The summed E-state index contributed by atoms with van der Waals surface area (Å²) in [6.07, 6.45) is 5.05. The van der Waals surface area contributed by atoms with E-state index in [2.05, 4.69) is 10.2 Å². The first-order valence-electron chi connectivity index (χ1n) is 7.54. The van der Waals surface area contributed by atoms with Gasteiger partial charge in [-0.25, -0.2) is 0 Å². The topological polar surface area (TPSA) is 35.6 Å². The number of carbonyl (C=O) groups is 1. The third-order valence-corrected chi connectivity index (χ3v) is 5.46. The van der Waals surface area contributed by atoms with Crippen LogP contribution in [0.2, 0.25) is 0 Å². The van der Waals surface area contributed by atoms with Crippen molar-refractivity contribution in [2.45, 2.75) is 30.9 Å². The molecule has 0 unspecified atom stereocenters. The molecule has 2 saturated heterocycles. The van der Waals surface area contributed by atoms with Crippen molar-refractivity contribution in [2.75, 3.05) is 52.1 Å². The standard InChI is InChI=1S/C14H27N3OS/c1-16(10-11-17-8-2-3-9-17)14(18)12-19-13-4-6-15-7-5-13/h13,15H,2-12H2,1H3. The van der Waals surface area contributed by atoms with Crippen LogP contribution in [0.3, 0.4) is 0 Å². The molecule has 2 rings (SSSR count). The third-order valence-electron chi connectivity index (χ3n) is 4.10. The Bertz CT molecular complexity index is 276. The lowest BCUT2D eigenvalue weighted by Gasteiger charge is -2.24. The van der Waals surface area contributed by atoms with E-state index in [1.807, 2.05) is 23.7 Å². The largest absolute Gasteiger partial charge is 0.344 e. The molecular formula is C14H27N3OS. The van der Waals surface area contributed by atoms with Crippen LogP contribution in [-0.2, 0) is 4.79 Å². The van der Waals surface area contributed by atoms with E-state index in [1.54, 1.807) is 0 Å². The van der Waals surface area contributed by atoms with E-state index in [-0.39, 0.29) is 0 Å². The lowest BCUT2D eigenvalue weighted by Crippen LogP contribution is -2.37. The molecule has 4 nitrogen and oxygen atoms in total. The quantitative estimate of drug-likeness (QED) is 0.790. The average Bonchev–Trinajstić information content (AvgIpc) is 2.96. The van der Waals surface area contributed by atoms with Crippen LogP contribution in [0.5, 0.6) is 0 Å². The summed E-state index contributed by atoms with van der Waals surface area (Å²) in [6, 6.07) is 0. The Morgan fingerprint density at radius 2 is 2.00 bits per heavy atom. The number of amides is 1. The molecule has 0 atom stereocenters. The fraction of sp³-hybridized carbons (Fsp3) is 0.929. The first-order valence-corrected chi connectivity index (χ1v) is 8.59. The van der Waals surface area contributed by atoms with Gasteiger partial charge in [-0.3, -0.25) is 4.79 Å². The van der Waals surface area contributed by atoms with Gasteiger partial charge in [-0.1, -0.05) is 0 Å². The van der Waals surface area contributed by atoms with Gasteiger partial charge in [0.2, 0.25) is 5.91 Å². The number of likely N-dealkylation sites (N-methyl/N-ethyl adjacent to an activating group) is 1. The van der Waals surface area contributed by atoms with Gasteiger partial charge in [0, 0.05) is 25.4 Å². The number of hydrogen-bond acceptors (Lipinski definition) is 4. The van der Waals surface area contributed by atoms with Crippen molar-refractivity contribution in [1.82, 2.24) is 15.1 Å². The van der Waals surface area contributed by atoms with E-state index in [0.29, 0.717) is 16.9 Å². The van der Waals surface area contributed by atoms with Crippen LogP contribution in [0, 0.1) is 0 Å². The summed E-state index contributed by atoms with van der Waals surface area (Å²) in [6.45, 7) is 6.57. The molecule has 19 heavy (non-hydrogen) atoms. The number of thioether (sulfide) groups is 1. The second-order valence-corrected chi connectivity index (χ2v) is 6.91. The van der Waals surface area contributed by atoms with Crippen molar-refractivity contribution in [3.63, 3.8) is 0 Å². The van der Waals surface area contributed by atoms with E-state index in [1.165, 1.54) is 38.8 Å². The first-order chi connectivity index (χ1) is 9.25. The van der Waals surface area contributed by atoms with Crippen molar-refractivity contribution in [3.8, 4) is 0 Å². The highest BCUT2D eigenvalue weighted by molar-refractivity contribution is 8.00. The third kappa shape index (κ3) is 5.32. The van der Waals surface area contributed by atoms with Gasteiger partial charge >= 0.3 is 0 Å². The lowest BCUT2D eigenvalue weighted by molar-refractivity contribution is -0.127. The van der Waals surface area contributed by atoms with Gasteiger partial charge in [-0.05, 0) is 51.9 Å². The molecule has 5 heteroatoms. The van der Waals surface area contributed by atoms with Crippen LogP contribution < -0.4 is 5.32 Å². The van der Waals surface area contributed by atoms with E-state index < -0.39 is 0 Å². The first kappa shape index (κ1) is 15.1. The Labute approximate surface area is 121 Å². The van der Waals surface area contributed by atoms with Gasteiger partial charge in [-0.15, -0.1) is 11.8 Å². The summed E-state index contributed by atoms with van der Waals surface area (Å²) < 4.78 is 0. The number of piperidine rings is 1. The van der Waals surface area contributed by atoms with Crippen LogP contribution in [0.25, 0.3) is 0 Å². The number of likely N-dealkylation sites (tertiary alicyclic amines) is 1. The molecule has 0 radical (unpaired) electrons. The Morgan fingerprint density at radius 1 is 1.32 bits per heavy atom. The molecule has 0 aromatic heterocycles. The zero-order valence-corrected chi connectivity index (χ0v) is 12.9. The van der Waals surface area contributed by atoms with Gasteiger partial charge in [0.25, 0.3) is 0 Å². The minimum Gasteiger partial charge on any atom is -0.344 e. The molecule has 2 heterocycles. The minimum absolute atomic E-state index is 0.294. The van der Waals surface area contributed by atoms with Gasteiger partial charge in [-0.2, -0.15) is 0 Å². The van der Waals surface area contributed by atoms with Crippen molar-refractivity contribution in [3.05, 3.63) is 0 Å². The zero-order chi connectivity index (χ0) is 13.5. The molecule has 2 aliphatic heterocycles. The Morgan fingerprint density at radius 3 is 2.68 bits per heavy atom. The van der Waals surface area contributed by atoms with E-state index in [0.717, 1.165) is 26.2 Å². The number of hydrogen-bond donors (Lipinski definition) is 1. The average molecular weight is 285 g/mol. The van der Waals surface area contributed by atoms with Crippen LogP contribution in [0.15, 0.2) is 0 Å². The summed E-state index contributed by atoms with van der Waals surface area (Å²) in [4.78, 5) is 16.4. The van der Waals surface area contributed by atoms with E-state index >= 15 is 0 Å². The predicted molar refractivity (Wildman–Crippen MR) is 81.7 cm³/mol. The van der Waals surface area contributed by atoms with Gasteiger partial charge in [0.15, 0.2) is 0 Å². The molecule has 0 spiro atoms. The Balaban J connectivity index is 1.58. The molecule has 1 amide bonds. The SMILES string of the molecule is CN(CCN1CCCC1)C(=O)CSC1CCNCC1. The molecule has 110 valence electrons. The highest BCUT2D eigenvalue weighted by atomic mass is 32.2. The molecular weight excluding hydrogens is 258 g/mol. The smallest absolute Gasteiger partial charge is 0.232 e. The molecule has 2 aliphatic rings. The monoisotopic (exact) mass is 285 g/mol. The fourth-order valence-electron chi connectivity index (χ4n) is 2.68.